The number of ether oxygens (including phenoxy) is 8. The van der Waals surface area contributed by atoms with Crippen LogP contribution in [0.25, 0.3) is 0 Å². The lowest BCUT2D eigenvalue weighted by molar-refractivity contribution is -0.364. The van der Waals surface area contributed by atoms with Gasteiger partial charge in [0.25, 0.3) is 0 Å². The van der Waals surface area contributed by atoms with E-state index < -0.39 is 189 Å². The van der Waals surface area contributed by atoms with Gasteiger partial charge < -0.3 is 114 Å². The first-order valence-corrected chi connectivity index (χ1v) is 28.0. The molecule has 0 spiro atoms. The van der Waals surface area contributed by atoms with Crippen LogP contribution in [0.15, 0.2) is 11.6 Å². The molecule has 29 unspecified atom stereocenters. The van der Waals surface area contributed by atoms with E-state index in [2.05, 4.69) is 40.7 Å². The fourth-order valence-electron chi connectivity index (χ4n) is 16.2. The second kappa shape index (κ2) is 22.4. The topological polar surface area (TPSA) is 411 Å². The van der Waals surface area contributed by atoms with Gasteiger partial charge in [0.05, 0.1) is 43.4 Å². The van der Waals surface area contributed by atoms with E-state index in [4.69, 9.17) is 37.9 Å². The fraction of sp³-hybridized carbons (Fsp3) is 0.926. The van der Waals surface area contributed by atoms with Crippen molar-refractivity contribution in [3.05, 3.63) is 11.6 Å². The van der Waals surface area contributed by atoms with Crippen LogP contribution in [-0.4, -0.2) is 244 Å². The summed E-state index contributed by atoms with van der Waals surface area (Å²) in [5.41, 5.74) is -2.77. The van der Waals surface area contributed by atoms with Crippen LogP contribution >= 0.6 is 0 Å². The maximum Gasteiger partial charge on any atom is 0.315 e. The van der Waals surface area contributed by atoms with Crippen LogP contribution < -0.4 is 0 Å². The monoisotopic (exact) mass is 1130 g/mol. The van der Waals surface area contributed by atoms with Crippen LogP contribution in [0.4, 0.5) is 0 Å². The van der Waals surface area contributed by atoms with Gasteiger partial charge in [0.2, 0.25) is 6.29 Å². The van der Waals surface area contributed by atoms with E-state index in [0.717, 1.165) is 5.57 Å². The second-order valence-corrected chi connectivity index (χ2v) is 26.1. The number of rotatable bonds is 13. The second-order valence-electron chi connectivity index (χ2n) is 26.1. The number of aliphatic hydroxyl groups is 14. The minimum Gasteiger partial charge on any atom is -0.481 e. The van der Waals surface area contributed by atoms with Crippen molar-refractivity contribution in [1.29, 1.82) is 0 Å². The van der Waals surface area contributed by atoms with E-state index >= 15 is 4.79 Å². The Balaban J connectivity index is 0.976. The van der Waals surface area contributed by atoms with Gasteiger partial charge in [0.1, 0.15) is 97.7 Å². The van der Waals surface area contributed by atoms with Gasteiger partial charge in [-0.2, -0.15) is 0 Å². The van der Waals surface area contributed by atoms with Crippen molar-refractivity contribution >= 4 is 11.9 Å². The molecule has 79 heavy (non-hydrogen) atoms. The number of hydrogen-bond donors (Lipinski definition) is 15. The smallest absolute Gasteiger partial charge is 0.315 e. The number of esters is 1. The van der Waals surface area contributed by atoms with Gasteiger partial charge in [-0.3, -0.25) is 9.59 Å². The van der Waals surface area contributed by atoms with E-state index in [1.165, 1.54) is 0 Å². The van der Waals surface area contributed by atoms with Gasteiger partial charge in [0, 0.05) is 0 Å². The lowest BCUT2D eigenvalue weighted by Gasteiger charge is -2.71. The maximum absolute atomic E-state index is 15.5. The number of aliphatic hydroxyl groups excluding tert-OH is 14. The third-order valence-corrected chi connectivity index (χ3v) is 21.5. The quantitative estimate of drug-likeness (QED) is 0.0647. The molecule has 0 bridgehead atoms. The van der Waals surface area contributed by atoms with Gasteiger partial charge in [-0.25, -0.2) is 0 Å². The Morgan fingerprint density at radius 2 is 1.06 bits per heavy atom. The molecule has 0 aromatic rings. The van der Waals surface area contributed by atoms with Crippen molar-refractivity contribution in [2.75, 3.05) is 26.4 Å². The third kappa shape index (κ3) is 10.1. The average molecular weight is 1140 g/mol. The first-order valence-electron chi connectivity index (χ1n) is 28.0. The Hall–Kier alpha value is -2.16. The van der Waals surface area contributed by atoms with Gasteiger partial charge in [-0.1, -0.05) is 46.3 Å². The summed E-state index contributed by atoms with van der Waals surface area (Å²) in [6, 6.07) is 0. The van der Waals surface area contributed by atoms with Crippen molar-refractivity contribution in [2.45, 2.75) is 235 Å². The molecule has 9 aliphatic rings. The number of carboxylic acid groups (broad SMARTS) is 1. The van der Waals surface area contributed by atoms with Gasteiger partial charge in [0.15, 0.2) is 18.9 Å². The Kier molecular flexibility index (Phi) is 17.4. The number of allylic oxidation sites excluding steroid dienone is 2. The number of carbonyl (C=O) groups excluding carboxylic acids is 1. The lowest BCUT2D eigenvalue weighted by atomic mass is 9.33. The largest absolute Gasteiger partial charge is 0.481 e. The zero-order valence-corrected chi connectivity index (χ0v) is 45.6. The van der Waals surface area contributed by atoms with Crippen molar-refractivity contribution < 1.29 is 124 Å². The van der Waals surface area contributed by atoms with E-state index in [1.54, 1.807) is 6.92 Å². The summed E-state index contributed by atoms with van der Waals surface area (Å²) >= 11 is 0. The summed E-state index contributed by atoms with van der Waals surface area (Å²) in [4.78, 5) is 28.4. The summed E-state index contributed by atoms with van der Waals surface area (Å²) in [7, 11) is 0. The molecule has 8 fully saturated rings. The highest BCUT2D eigenvalue weighted by Gasteiger charge is 2.71. The highest BCUT2D eigenvalue weighted by atomic mass is 16.8. The lowest BCUT2D eigenvalue weighted by Crippen LogP contribution is -2.67. The highest BCUT2D eigenvalue weighted by molar-refractivity contribution is 5.79. The van der Waals surface area contributed by atoms with E-state index in [1.807, 2.05) is 0 Å². The van der Waals surface area contributed by atoms with E-state index in [9.17, 15) is 81.4 Å². The van der Waals surface area contributed by atoms with Gasteiger partial charge >= 0.3 is 11.9 Å². The normalized spacial score (nSPS) is 53.5. The van der Waals surface area contributed by atoms with Crippen LogP contribution in [0.3, 0.4) is 0 Å². The van der Waals surface area contributed by atoms with Gasteiger partial charge in [-0.15, -0.1) is 0 Å². The summed E-state index contributed by atoms with van der Waals surface area (Å²) in [5, 5.41) is 161. The summed E-state index contributed by atoms with van der Waals surface area (Å²) in [6.07, 6.45) is -29.4. The molecule has 9 rings (SSSR count). The predicted molar refractivity (Wildman–Crippen MR) is 265 cm³/mol. The number of fused-ring (bicyclic) bond motifs is 7. The van der Waals surface area contributed by atoms with Crippen LogP contribution in [0, 0.1) is 50.2 Å². The summed E-state index contributed by atoms with van der Waals surface area (Å²) < 4.78 is 46.6. The first-order chi connectivity index (χ1) is 37.0. The van der Waals surface area contributed by atoms with Gasteiger partial charge in [-0.05, 0) is 111 Å². The molecular weight excluding hydrogens is 1050 g/mol. The SMILES string of the molecule is CC1(C)CCC2(C(=O)OC3OC(COC4OC(COC5OC(CO)C(O)C(O)C5O)C(O)C(O)C4O)C(O)C(OC4OC(CO)C(O)C(O)C4O)C3O)CCC3(C)C(=CCC4C5(C)CCC(O)C(C)(C(=O)O)C5CCC43C)C2C1. The molecule has 4 aliphatic heterocycles. The molecule has 4 saturated carbocycles. The minimum atomic E-state index is -2.06. The maximum atomic E-state index is 15.5. The third-order valence-electron chi connectivity index (χ3n) is 21.5. The standard InChI is InChI=1S/C54H86O25/c1-49(2)13-15-54(16-14-51(4)22(23(54)17-49)7-8-28-50(3)11-10-30(57)53(6,47(69)70)29(50)9-12-52(28,51)5)48(71)79-46-41(68)42(78-45-40(67)36(63)32(59)25(19-56)75-45)34(61)27(77-46)21-73-44-39(66)37(64)33(60)26(76-44)20-72-43-38(65)35(62)31(58)24(18-55)74-43/h7,23-46,55-68H,8-21H2,1-6H3,(H,69,70). The molecule has 0 amide bonds. The van der Waals surface area contributed by atoms with Crippen molar-refractivity contribution in [3.63, 3.8) is 0 Å². The number of hydrogen-bond acceptors (Lipinski definition) is 24. The molecule has 452 valence electrons. The van der Waals surface area contributed by atoms with Crippen LogP contribution in [0.5, 0.6) is 0 Å². The molecule has 25 nitrogen and oxygen atoms in total. The van der Waals surface area contributed by atoms with E-state index in [0.29, 0.717) is 64.2 Å². The Labute approximate surface area is 457 Å². The molecule has 0 aromatic heterocycles. The molecule has 0 aromatic carbocycles. The molecule has 0 radical (unpaired) electrons. The van der Waals surface area contributed by atoms with E-state index in [-0.39, 0.29) is 28.6 Å². The van der Waals surface area contributed by atoms with Crippen molar-refractivity contribution in [1.82, 2.24) is 0 Å². The molecule has 15 N–H and O–H groups in total. The fourth-order valence-corrected chi connectivity index (χ4v) is 16.2. The molecule has 25 heteroatoms. The Morgan fingerprint density at radius 1 is 0.557 bits per heavy atom. The minimum absolute atomic E-state index is 0.0657. The predicted octanol–water partition coefficient (Wildman–Crippen LogP) is -2.97. The first kappa shape index (κ1) is 61.4. The molecule has 4 heterocycles. The Bertz CT molecular complexity index is 2220. The number of carbonyl (C=O) groups is 2. The summed E-state index contributed by atoms with van der Waals surface area (Å²) in [5.74, 6) is -2.27. The van der Waals surface area contributed by atoms with Crippen molar-refractivity contribution in [2.24, 2.45) is 50.2 Å². The number of aliphatic carboxylic acids is 1. The highest BCUT2D eigenvalue weighted by Crippen LogP contribution is 2.76. The molecule has 29 atom stereocenters. The molecule has 4 saturated heterocycles. The molecular formula is C54H86O25. The van der Waals surface area contributed by atoms with Crippen LogP contribution in [0.1, 0.15) is 106 Å². The van der Waals surface area contributed by atoms with Crippen molar-refractivity contribution in [3.8, 4) is 0 Å². The average Bonchev–Trinajstić information content (AvgIpc) is 3.51. The Morgan fingerprint density at radius 3 is 1.63 bits per heavy atom. The van der Waals surface area contributed by atoms with Crippen LogP contribution in [-0.2, 0) is 47.5 Å². The zero-order chi connectivity index (χ0) is 57.9. The summed E-state index contributed by atoms with van der Waals surface area (Å²) in [6.45, 7) is 9.67. The molecule has 5 aliphatic carbocycles. The zero-order valence-electron chi connectivity index (χ0n) is 45.6. The number of carboxylic acids is 1. The van der Waals surface area contributed by atoms with Crippen LogP contribution in [0.2, 0.25) is 0 Å².